The Morgan fingerprint density at radius 2 is 1.32 bits per heavy atom. The molecule has 0 bridgehead atoms. The maximum absolute atomic E-state index is 14.0. The van der Waals surface area contributed by atoms with Crippen molar-refractivity contribution in [1.82, 2.24) is 14.5 Å². The highest BCUT2D eigenvalue weighted by Gasteiger charge is 2.24. The Hall–Kier alpha value is -4.82. The molecule has 0 spiro atoms. The van der Waals surface area contributed by atoms with Gasteiger partial charge in [0.05, 0.1) is 11.4 Å². The molecule has 0 amide bonds. The van der Waals surface area contributed by atoms with Crippen LogP contribution in [-0.4, -0.2) is 28.0 Å². The molecule has 224 valence electrons. The number of imidazole rings is 1. The van der Waals surface area contributed by atoms with E-state index in [2.05, 4.69) is 52.8 Å². The minimum atomic E-state index is -0.267. The van der Waals surface area contributed by atoms with E-state index in [1.807, 2.05) is 42.5 Å². The molecule has 7 rings (SSSR count). The first-order valence-corrected chi connectivity index (χ1v) is 15.0. The number of unbranched alkanes of at least 4 members (excludes halogenated alkanes) is 1. The average Bonchev–Trinajstić information content (AvgIpc) is 3.79. The first-order chi connectivity index (χ1) is 21.6. The first-order valence-electron chi connectivity index (χ1n) is 15.0. The van der Waals surface area contributed by atoms with Crippen molar-refractivity contribution in [3.8, 4) is 45.6 Å². The summed E-state index contributed by atoms with van der Waals surface area (Å²) < 4.78 is 38.9. The molecule has 44 heavy (non-hydrogen) atoms. The van der Waals surface area contributed by atoms with Gasteiger partial charge in [-0.15, -0.1) is 0 Å². The van der Waals surface area contributed by atoms with Gasteiger partial charge in [0.1, 0.15) is 11.6 Å². The maximum atomic E-state index is 14.0. The maximum Gasteiger partial charge on any atom is 0.231 e. The highest BCUT2D eigenvalue weighted by Crippen LogP contribution is 2.36. The minimum absolute atomic E-state index is 0.236. The quantitative estimate of drug-likeness (QED) is 0.156. The summed E-state index contributed by atoms with van der Waals surface area (Å²) in [5, 5.41) is 0. The first kappa shape index (κ1) is 28.0. The Kier molecular flexibility index (Phi) is 7.90. The van der Waals surface area contributed by atoms with Gasteiger partial charge in [0.15, 0.2) is 23.0 Å². The second-order valence-corrected chi connectivity index (χ2v) is 11.1. The van der Waals surface area contributed by atoms with Crippen molar-refractivity contribution >= 4 is 0 Å². The van der Waals surface area contributed by atoms with Gasteiger partial charge in [-0.2, -0.15) is 0 Å². The van der Waals surface area contributed by atoms with E-state index in [4.69, 9.17) is 23.9 Å². The van der Waals surface area contributed by atoms with Gasteiger partial charge in [0, 0.05) is 37.3 Å². The Balaban J connectivity index is 1.32. The van der Waals surface area contributed by atoms with Crippen LogP contribution in [0.2, 0.25) is 0 Å². The van der Waals surface area contributed by atoms with Crippen molar-refractivity contribution < 1.29 is 23.3 Å². The van der Waals surface area contributed by atoms with Crippen LogP contribution in [0, 0.1) is 5.82 Å². The molecule has 2 aliphatic heterocycles. The third kappa shape index (κ3) is 5.85. The SMILES string of the molecule is CCCCn1c(-c2ccccc2)nc(-c2ccc(F)cc2)c1CN(Cc1ccc2c(c1)OCO2)Cc1ccc2c(c1)OCO2. The largest absolute Gasteiger partial charge is 0.454 e. The lowest BCUT2D eigenvalue weighted by atomic mass is 10.1. The molecule has 0 saturated carbocycles. The Morgan fingerprint density at radius 1 is 0.705 bits per heavy atom. The fraction of sp³-hybridized carbons (Fsp3) is 0.250. The van der Waals surface area contributed by atoms with E-state index in [1.54, 1.807) is 0 Å². The van der Waals surface area contributed by atoms with E-state index in [0.717, 1.165) is 81.9 Å². The van der Waals surface area contributed by atoms with E-state index in [0.29, 0.717) is 19.6 Å². The van der Waals surface area contributed by atoms with Crippen LogP contribution >= 0.6 is 0 Å². The summed E-state index contributed by atoms with van der Waals surface area (Å²) in [5.74, 6) is 3.70. The smallest absolute Gasteiger partial charge is 0.231 e. The summed E-state index contributed by atoms with van der Waals surface area (Å²) in [6, 6.07) is 29.2. The summed E-state index contributed by atoms with van der Waals surface area (Å²) in [4.78, 5) is 7.63. The molecular weight excluding hydrogens is 557 g/mol. The summed E-state index contributed by atoms with van der Waals surface area (Å²) in [6.45, 7) is 5.43. The Labute approximate surface area is 256 Å². The van der Waals surface area contributed by atoms with Crippen LogP contribution < -0.4 is 18.9 Å². The van der Waals surface area contributed by atoms with E-state index < -0.39 is 0 Å². The van der Waals surface area contributed by atoms with Crippen molar-refractivity contribution in [2.24, 2.45) is 0 Å². The van der Waals surface area contributed by atoms with Crippen LogP contribution in [-0.2, 0) is 26.2 Å². The molecule has 0 aliphatic carbocycles. The number of benzene rings is 4. The molecule has 2 aliphatic rings. The number of nitrogens with zero attached hydrogens (tertiary/aromatic N) is 3. The Morgan fingerprint density at radius 3 is 1.93 bits per heavy atom. The number of aromatic nitrogens is 2. The van der Waals surface area contributed by atoms with Gasteiger partial charge in [-0.1, -0.05) is 55.8 Å². The standard InChI is InChI=1S/C36H34FN3O4/c1-2-3-17-40-30(35(27-11-13-29(37)14-12-27)38-36(40)28-7-5-4-6-8-28)22-39(20-25-9-15-31-33(18-25)43-23-41-31)21-26-10-16-32-34(19-26)44-24-42-32/h4-16,18-19H,2-3,17,20-24H2,1H3. The molecule has 7 nitrogen and oxygen atoms in total. The van der Waals surface area contributed by atoms with Crippen molar-refractivity contribution in [1.29, 1.82) is 0 Å². The van der Waals surface area contributed by atoms with E-state index >= 15 is 0 Å². The number of ether oxygens (including phenoxy) is 4. The second kappa shape index (κ2) is 12.4. The van der Waals surface area contributed by atoms with Gasteiger partial charge in [0.2, 0.25) is 13.6 Å². The molecular formula is C36H34FN3O4. The molecule has 4 aromatic carbocycles. The summed E-state index contributed by atoms with van der Waals surface area (Å²) in [5.41, 5.74) is 6.12. The van der Waals surface area contributed by atoms with E-state index in [1.165, 1.54) is 12.1 Å². The number of fused-ring (bicyclic) bond motifs is 2. The molecule has 0 fully saturated rings. The highest BCUT2D eigenvalue weighted by atomic mass is 19.1. The molecule has 0 radical (unpaired) electrons. The van der Waals surface area contributed by atoms with Crippen molar-refractivity contribution in [2.75, 3.05) is 13.6 Å². The molecule has 1 aromatic heterocycles. The monoisotopic (exact) mass is 591 g/mol. The van der Waals surface area contributed by atoms with Gasteiger partial charge in [0.25, 0.3) is 0 Å². The number of hydrogen-bond acceptors (Lipinski definition) is 6. The summed E-state index contributed by atoms with van der Waals surface area (Å²) in [7, 11) is 0. The van der Waals surface area contributed by atoms with Crippen LogP contribution in [0.5, 0.6) is 23.0 Å². The van der Waals surface area contributed by atoms with E-state index in [-0.39, 0.29) is 19.4 Å². The third-order valence-electron chi connectivity index (χ3n) is 8.02. The molecule has 0 atom stereocenters. The fourth-order valence-corrected chi connectivity index (χ4v) is 5.82. The molecule has 0 N–H and O–H groups in total. The van der Waals surface area contributed by atoms with Gasteiger partial charge in [-0.05, 0) is 66.1 Å². The predicted octanol–water partition coefficient (Wildman–Crippen LogP) is 7.82. The fourth-order valence-electron chi connectivity index (χ4n) is 5.82. The zero-order valence-corrected chi connectivity index (χ0v) is 24.7. The topological polar surface area (TPSA) is 58.0 Å². The molecule has 5 aromatic rings. The lowest BCUT2D eigenvalue weighted by Gasteiger charge is -2.25. The number of rotatable bonds is 11. The second-order valence-electron chi connectivity index (χ2n) is 11.1. The zero-order valence-electron chi connectivity index (χ0n) is 24.7. The highest BCUT2D eigenvalue weighted by molar-refractivity contribution is 5.68. The van der Waals surface area contributed by atoms with Crippen LogP contribution in [0.25, 0.3) is 22.6 Å². The van der Waals surface area contributed by atoms with Gasteiger partial charge in [-0.3, -0.25) is 4.90 Å². The van der Waals surface area contributed by atoms with Crippen LogP contribution in [0.15, 0.2) is 91.0 Å². The molecule has 3 heterocycles. The lowest BCUT2D eigenvalue weighted by Crippen LogP contribution is -2.24. The molecule has 8 heteroatoms. The summed E-state index contributed by atoms with van der Waals surface area (Å²) >= 11 is 0. The van der Waals surface area contributed by atoms with Crippen molar-refractivity contribution in [3.63, 3.8) is 0 Å². The molecule has 0 unspecified atom stereocenters. The van der Waals surface area contributed by atoms with Crippen LogP contribution in [0.3, 0.4) is 0 Å². The van der Waals surface area contributed by atoms with E-state index in [9.17, 15) is 4.39 Å². The lowest BCUT2D eigenvalue weighted by molar-refractivity contribution is 0.173. The minimum Gasteiger partial charge on any atom is -0.454 e. The van der Waals surface area contributed by atoms with Gasteiger partial charge < -0.3 is 23.5 Å². The van der Waals surface area contributed by atoms with Crippen molar-refractivity contribution in [2.45, 2.75) is 45.9 Å². The average molecular weight is 592 g/mol. The number of halogens is 1. The van der Waals surface area contributed by atoms with Gasteiger partial charge >= 0.3 is 0 Å². The van der Waals surface area contributed by atoms with Crippen molar-refractivity contribution in [3.05, 3.63) is 114 Å². The summed E-state index contributed by atoms with van der Waals surface area (Å²) in [6.07, 6.45) is 2.06. The normalized spacial score (nSPS) is 13.2. The number of hydrogen-bond donors (Lipinski definition) is 0. The van der Waals surface area contributed by atoms with Crippen LogP contribution in [0.4, 0.5) is 4.39 Å². The zero-order chi connectivity index (χ0) is 29.9. The molecule has 0 saturated heterocycles. The third-order valence-corrected chi connectivity index (χ3v) is 8.02. The van der Waals surface area contributed by atoms with Gasteiger partial charge in [-0.25, -0.2) is 9.37 Å². The Bertz CT molecular complexity index is 1690. The van der Waals surface area contributed by atoms with Crippen LogP contribution in [0.1, 0.15) is 36.6 Å². The predicted molar refractivity (Wildman–Crippen MR) is 166 cm³/mol.